The van der Waals surface area contributed by atoms with Gasteiger partial charge in [0.1, 0.15) is 5.82 Å². The van der Waals surface area contributed by atoms with E-state index in [1.807, 2.05) is 6.07 Å². The van der Waals surface area contributed by atoms with Gasteiger partial charge in [-0.15, -0.1) is 0 Å². The SMILES string of the molecule is CCCOC1CCCN(c2cc(C)c(F)cc2[C@H](C)O)C1. The highest BCUT2D eigenvalue weighted by Gasteiger charge is 2.24. The second-order valence-electron chi connectivity index (χ2n) is 5.92. The number of benzene rings is 1. The fraction of sp³-hybridized carbons (Fsp3) is 0.647. The first-order valence-corrected chi connectivity index (χ1v) is 7.87. The van der Waals surface area contributed by atoms with Crippen molar-refractivity contribution in [2.45, 2.75) is 52.2 Å². The number of aryl methyl sites for hydroxylation is 1. The molecule has 1 saturated heterocycles. The van der Waals surface area contributed by atoms with Gasteiger partial charge in [0.25, 0.3) is 0 Å². The summed E-state index contributed by atoms with van der Waals surface area (Å²) in [6.45, 7) is 8.07. The zero-order chi connectivity index (χ0) is 15.4. The van der Waals surface area contributed by atoms with Gasteiger partial charge in [0.15, 0.2) is 0 Å². The van der Waals surface area contributed by atoms with Crippen LogP contribution in [0.15, 0.2) is 12.1 Å². The molecule has 0 spiro atoms. The van der Waals surface area contributed by atoms with Crippen LogP contribution in [0.25, 0.3) is 0 Å². The Morgan fingerprint density at radius 2 is 2.24 bits per heavy atom. The molecular weight excluding hydrogens is 269 g/mol. The summed E-state index contributed by atoms with van der Waals surface area (Å²) >= 11 is 0. The lowest BCUT2D eigenvalue weighted by Crippen LogP contribution is -2.40. The zero-order valence-electron chi connectivity index (χ0n) is 13.2. The van der Waals surface area contributed by atoms with Gasteiger partial charge in [-0.2, -0.15) is 0 Å². The third kappa shape index (κ3) is 3.95. The van der Waals surface area contributed by atoms with Crippen LogP contribution in [0.2, 0.25) is 0 Å². The summed E-state index contributed by atoms with van der Waals surface area (Å²) in [7, 11) is 0. The first-order chi connectivity index (χ1) is 10.0. The van der Waals surface area contributed by atoms with Crippen LogP contribution in [-0.2, 0) is 4.74 Å². The van der Waals surface area contributed by atoms with Crippen LogP contribution in [-0.4, -0.2) is 30.9 Å². The Balaban J connectivity index is 2.21. The Morgan fingerprint density at radius 3 is 2.90 bits per heavy atom. The lowest BCUT2D eigenvalue weighted by Gasteiger charge is -2.36. The molecule has 1 aromatic carbocycles. The molecule has 1 unspecified atom stereocenters. The van der Waals surface area contributed by atoms with Crippen LogP contribution >= 0.6 is 0 Å². The van der Waals surface area contributed by atoms with Crippen molar-refractivity contribution in [3.63, 3.8) is 0 Å². The predicted molar refractivity (Wildman–Crippen MR) is 83.2 cm³/mol. The van der Waals surface area contributed by atoms with Gasteiger partial charge in [-0.3, -0.25) is 0 Å². The van der Waals surface area contributed by atoms with E-state index < -0.39 is 6.10 Å². The minimum absolute atomic E-state index is 0.228. The van der Waals surface area contributed by atoms with E-state index in [2.05, 4.69) is 11.8 Å². The summed E-state index contributed by atoms with van der Waals surface area (Å²) in [6.07, 6.45) is 2.70. The Hall–Kier alpha value is -1.13. The summed E-state index contributed by atoms with van der Waals surface area (Å²) in [4.78, 5) is 2.22. The summed E-state index contributed by atoms with van der Waals surface area (Å²) in [5, 5.41) is 9.93. The largest absolute Gasteiger partial charge is 0.389 e. The molecule has 1 aromatic rings. The number of nitrogens with zero attached hydrogens (tertiary/aromatic N) is 1. The highest BCUT2D eigenvalue weighted by Crippen LogP contribution is 2.31. The third-order valence-corrected chi connectivity index (χ3v) is 4.03. The van der Waals surface area contributed by atoms with Crippen molar-refractivity contribution in [2.75, 3.05) is 24.6 Å². The zero-order valence-corrected chi connectivity index (χ0v) is 13.2. The van der Waals surface area contributed by atoms with E-state index in [4.69, 9.17) is 4.74 Å². The van der Waals surface area contributed by atoms with Crippen molar-refractivity contribution in [3.8, 4) is 0 Å². The minimum atomic E-state index is -0.674. The van der Waals surface area contributed by atoms with E-state index in [-0.39, 0.29) is 11.9 Å². The Labute approximate surface area is 126 Å². The monoisotopic (exact) mass is 295 g/mol. The summed E-state index contributed by atoms with van der Waals surface area (Å²) in [5.74, 6) is -0.259. The van der Waals surface area contributed by atoms with E-state index >= 15 is 0 Å². The van der Waals surface area contributed by atoms with Crippen molar-refractivity contribution in [1.29, 1.82) is 0 Å². The van der Waals surface area contributed by atoms with Crippen molar-refractivity contribution in [3.05, 3.63) is 29.1 Å². The van der Waals surface area contributed by atoms with Crippen LogP contribution in [0.5, 0.6) is 0 Å². The molecule has 1 N–H and O–H groups in total. The molecule has 4 heteroatoms. The van der Waals surface area contributed by atoms with E-state index in [9.17, 15) is 9.50 Å². The molecule has 0 aromatic heterocycles. The van der Waals surface area contributed by atoms with Crippen LogP contribution < -0.4 is 4.90 Å². The third-order valence-electron chi connectivity index (χ3n) is 4.03. The average Bonchev–Trinajstić information content (AvgIpc) is 2.47. The summed E-state index contributed by atoms with van der Waals surface area (Å²) in [5.41, 5.74) is 2.22. The molecule has 0 radical (unpaired) electrons. The van der Waals surface area contributed by atoms with Gasteiger partial charge >= 0.3 is 0 Å². The lowest BCUT2D eigenvalue weighted by atomic mass is 10.0. The maximum absolute atomic E-state index is 13.8. The minimum Gasteiger partial charge on any atom is -0.389 e. The quantitative estimate of drug-likeness (QED) is 0.901. The fourth-order valence-electron chi connectivity index (χ4n) is 2.87. The van der Waals surface area contributed by atoms with E-state index in [1.165, 1.54) is 6.07 Å². The summed E-state index contributed by atoms with van der Waals surface area (Å²) in [6, 6.07) is 3.31. The van der Waals surface area contributed by atoms with Crippen LogP contribution in [0.4, 0.5) is 10.1 Å². The van der Waals surface area contributed by atoms with Crippen molar-refractivity contribution in [1.82, 2.24) is 0 Å². The number of rotatable bonds is 5. The molecule has 0 aliphatic carbocycles. The molecule has 1 heterocycles. The second-order valence-corrected chi connectivity index (χ2v) is 5.92. The van der Waals surface area contributed by atoms with Gasteiger partial charge < -0.3 is 14.7 Å². The van der Waals surface area contributed by atoms with Crippen molar-refractivity contribution in [2.24, 2.45) is 0 Å². The standard InChI is InChI=1S/C17H26FNO2/c1-4-8-21-14-6-5-7-19(11-14)17-9-12(2)16(18)10-15(17)13(3)20/h9-10,13-14,20H,4-8,11H2,1-3H3/t13-,14?/m0/s1. The highest BCUT2D eigenvalue weighted by molar-refractivity contribution is 5.57. The first-order valence-electron chi connectivity index (χ1n) is 7.87. The maximum atomic E-state index is 13.8. The topological polar surface area (TPSA) is 32.7 Å². The number of halogens is 1. The lowest BCUT2D eigenvalue weighted by molar-refractivity contribution is 0.0439. The second kappa shape index (κ2) is 7.23. The van der Waals surface area contributed by atoms with Crippen LogP contribution in [0.3, 0.4) is 0 Å². The Kier molecular flexibility index (Phi) is 5.59. The Morgan fingerprint density at radius 1 is 1.48 bits per heavy atom. The molecule has 0 amide bonds. The van der Waals surface area contributed by atoms with E-state index in [1.54, 1.807) is 13.8 Å². The molecule has 2 rings (SSSR count). The maximum Gasteiger partial charge on any atom is 0.126 e. The molecule has 1 aliphatic rings. The van der Waals surface area contributed by atoms with Crippen LogP contribution in [0.1, 0.15) is 50.3 Å². The normalized spacial score (nSPS) is 20.6. The van der Waals surface area contributed by atoms with Gasteiger partial charge in [-0.25, -0.2) is 4.39 Å². The molecule has 0 saturated carbocycles. The molecule has 0 bridgehead atoms. The summed E-state index contributed by atoms with van der Waals surface area (Å²) < 4.78 is 19.6. The number of hydrogen-bond donors (Lipinski definition) is 1. The van der Waals surface area contributed by atoms with Gasteiger partial charge in [0, 0.05) is 30.9 Å². The van der Waals surface area contributed by atoms with Gasteiger partial charge in [-0.05, 0) is 50.8 Å². The predicted octanol–water partition coefficient (Wildman–Crippen LogP) is 3.58. The van der Waals surface area contributed by atoms with Crippen molar-refractivity contribution >= 4 is 5.69 Å². The fourth-order valence-corrected chi connectivity index (χ4v) is 2.87. The molecule has 21 heavy (non-hydrogen) atoms. The van der Waals surface area contributed by atoms with Crippen molar-refractivity contribution < 1.29 is 14.2 Å². The van der Waals surface area contributed by atoms with Gasteiger partial charge in [-0.1, -0.05) is 6.92 Å². The number of aliphatic hydroxyl groups is 1. The molecule has 118 valence electrons. The van der Waals surface area contributed by atoms with E-state index in [0.29, 0.717) is 11.1 Å². The van der Waals surface area contributed by atoms with E-state index in [0.717, 1.165) is 44.6 Å². The molecule has 1 aliphatic heterocycles. The number of piperidine rings is 1. The average molecular weight is 295 g/mol. The first kappa shape index (κ1) is 16.2. The van der Waals surface area contributed by atoms with Crippen LogP contribution in [0, 0.1) is 12.7 Å². The number of hydrogen-bond acceptors (Lipinski definition) is 3. The highest BCUT2D eigenvalue weighted by atomic mass is 19.1. The van der Waals surface area contributed by atoms with Gasteiger partial charge in [0.05, 0.1) is 12.2 Å². The molecule has 2 atom stereocenters. The number of aliphatic hydroxyl groups excluding tert-OH is 1. The molecule has 3 nitrogen and oxygen atoms in total. The van der Waals surface area contributed by atoms with Gasteiger partial charge in [0.2, 0.25) is 0 Å². The molecule has 1 fully saturated rings. The Bertz CT molecular complexity index is 476. The molecular formula is C17H26FNO2. The number of anilines is 1. The number of ether oxygens (including phenoxy) is 1. The smallest absolute Gasteiger partial charge is 0.126 e.